The fourth-order valence-electron chi connectivity index (χ4n) is 1.86. The predicted molar refractivity (Wildman–Crippen MR) is 66.8 cm³/mol. The molecule has 0 aromatic carbocycles. The number of carbonyl (C=O) groups excluding carboxylic acids is 1. The van der Waals surface area contributed by atoms with Crippen LogP contribution in [-0.4, -0.2) is 38.4 Å². The van der Waals surface area contributed by atoms with Crippen LogP contribution in [-0.2, 0) is 20.7 Å². The molecule has 1 aromatic heterocycles. The van der Waals surface area contributed by atoms with Gasteiger partial charge in [0.25, 0.3) is 0 Å². The van der Waals surface area contributed by atoms with Crippen molar-refractivity contribution < 1.29 is 19.0 Å². The highest BCUT2D eigenvalue weighted by Gasteiger charge is 2.20. The van der Waals surface area contributed by atoms with E-state index in [1.54, 1.807) is 13.3 Å². The van der Waals surface area contributed by atoms with Crippen LogP contribution < -0.4 is 4.74 Å². The number of aryl methyl sites for hydroxylation is 1. The Kier molecular flexibility index (Phi) is 5.25. The number of rotatable bonds is 6. The molecule has 0 aliphatic heterocycles. The van der Waals surface area contributed by atoms with E-state index in [9.17, 15) is 4.79 Å². The summed E-state index contributed by atoms with van der Waals surface area (Å²) in [5, 5.41) is 0. The van der Waals surface area contributed by atoms with Crippen molar-refractivity contribution >= 4 is 5.78 Å². The number of Topliss-reactive ketones (excluding diaryl/α,β-unsaturated/α-hetero) is 1. The first-order chi connectivity index (χ1) is 8.54. The topological polar surface area (TPSA) is 57.7 Å². The molecule has 0 unspecified atom stereocenters. The highest BCUT2D eigenvalue weighted by molar-refractivity contribution is 5.84. The van der Waals surface area contributed by atoms with Crippen LogP contribution in [0, 0.1) is 13.8 Å². The van der Waals surface area contributed by atoms with E-state index in [1.165, 1.54) is 14.2 Å². The summed E-state index contributed by atoms with van der Waals surface area (Å²) in [6.07, 6.45) is 1.01. The zero-order chi connectivity index (χ0) is 13.7. The largest absolute Gasteiger partial charge is 0.496 e. The quantitative estimate of drug-likeness (QED) is 0.718. The van der Waals surface area contributed by atoms with Gasteiger partial charge in [0, 0.05) is 31.5 Å². The molecule has 1 heterocycles. The van der Waals surface area contributed by atoms with Gasteiger partial charge in [0.15, 0.2) is 5.78 Å². The average molecular weight is 253 g/mol. The second-order valence-electron chi connectivity index (χ2n) is 3.99. The second kappa shape index (κ2) is 6.47. The molecule has 0 spiro atoms. The highest BCUT2D eigenvalue weighted by Crippen LogP contribution is 2.24. The van der Waals surface area contributed by atoms with Crippen LogP contribution in [0.5, 0.6) is 5.75 Å². The standard InChI is InChI=1S/C13H19NO4/c1-8-7-14-10(9(2)12(8)16-3)6-11(15)13(17-4)18-5/h7,13H,6H2,1-5H3. The molecule has 100 valence electrons. The minimum absolute atomic E-state index is 0.162. The number of pyridine rings is 1. The number of methoxy groups -OCH3 is 3. The Morgan fingerprint density at radius 2 is 1.89 bits per heavy atom. The van der Waals surface area contributed by atoms with Gasteiger partial charge in [0.1, 0.15) is 5.75 Å². The molecular formula is C13H19NO4. The summed E-state index contributed by atoms with van der Waals surface area (Å²) in [7, 11) is 4.47. The molecule has 0 N–H and O–H groups in total. The molecule has 0 amide bonds. The van der Waals surface area contributed by atoms with Gasteiger partial charge in [0.2, 0.25) is 6.29 Å². The maximum Gasteiger partial charge on any atom is 0.217 e. The van der Waals surface area contributed by atoms with Crippen molar-refractivity contribution in [1.82, 2.24) is 4.98 Å². The number of ketones is 1. The molecule has 0 aliphatic carbocycles. The van der Waals surface area contributed by atoms with Gasteiger partial charge in [-0.2, -0.15) is 0 Å². The Morgan fingerprint density at radius 1 is 1.28 bits per heavy atom. The summed E-state index contributed by atoms with van der Waals surface area (Å²) in [5.41, 5.74) is 2.50. The molecule has 0 atom stereocenters. The lowest BCUT2D eigenvalue weighted by Gasteiger charge is -2.14. The summed E-state index contributed by atoms with van der Waals surface area (Å²) in [6, 6.07) is 0. The van der Waals surface area contributed by atoms with Crippen molar-refractivity contribution in [3.8, 4) is 5.75 Å². The van der Waals surface area contributed by atoms with Crippen LogP contribution in [0.2, 0.25) is 0 Å². The lowest BCUT2D eigenvalue weighted by atomic mass is 10.1. The molecule has 1 rings (SSSR count). The van der Waals surface area contributed by atoms with Crippen molar-refractivity contribution in [3.05, 3.63) is 23.0 Å². The Bertz CT molecular complexity index is 427. The van der Waals surface area contributed by atoms with Gasteiger partial charge in [-0.05, 0) is 13.8 Å². The first-order valence-corrected chi connectivity index (χ1v) is 5.62. The monoisotopic (exact) mass is 253 g/mol. The van der Waals surface area contributed by atoms with E-state index in [0.717, 1.165) is 16.9 Å². The summed E-state index contributed by atoms with van der Waals surface area (Å²) in [6.45, 7) is 3.80. The van der Waals surface area contributed by atoms with Gasteiger partial charge in [0.05, 0.1) is 19.2 Å². The van der Waals surface area contributed by atoms with E-state index in [-0.39, 0.29) is 12.2 Å². The minimum atomic E-state index is -0.849. The Morgan fingerprint density at radius 3 is 2.39 bits per heavy atom. The SMILES string of the molecule is COc1c(C)cnc(CC(=O)C(OC)OC)c1C. The molecular weight excluding hydrogens is 234 g/mol. The number of aromatic nitrogens is 1. The molecule has 0 radical (unpaired) electrons. The number of carbonyl (C=O) groups is 1. The van der Waals surface area contributed by atoms with Crippen LogP contribution in [0.4, 0.5) is 0 Å². The number of ether oxygens (including phenoxy) is 3. The molecule has 18 heavy (non-hydrogen) atoms. The fraction of sp³-hybridized carbons (Fsp3) is 0.538. The lowest BCUT2D eigenvalue weighted by Crippen LogP contribution is -2.27. The minimum Gasteiger partial charge on any atom is -0.496 e. The zero-order valence-electron chi connectivity index (χ0n) is 11.4. The van der Waals surface area contributed by atoms with Gasteiger partial charge in [-0.3, -0.25) is 9.78 Å². The van der Waals surface area contributed by atoms with Crippen molar-refractivity contribution in [2.24, 2.45) is 0 Å². The van der Waals surface area contributed by atoms with Crippen LogP contribution >= 0.6 is 0 Å². The van der Waals surface area contributed by atoms with E-state index in [1.807, 2.05) is 13.8 Å². The van der Waals surface area contributed by atoms with E-state index in [0.29, 0.717) is 5.69 Å². The summed E-state index contributed by atoms with van der Waals surface area (Å²) < 4.78 is 15.1. The third-order valence-electron chi connectivity index (χ3n) is 2.78. The smallest absolute Gasteiger partial charge is 0.217 e. The summed E-state index contributed by atoms with van der Waals surface area (Å²) in [4.78, 5) is 16.1. The van der Waals surface area contributed by atoms with Crippen LogP contribution in [0.1, 0.15) is 16.8 Å². The zero-order valence-corrected chi connectivity index (χ0v) is 11.4. The van der Waals surface area contributed by atoms with Crippen LogP contribution in [0.25, 0.3) is 0 Å². The molecule has 0 saturated heterocycles. The predicted octanol–water partition coefficient (Wildman–Crippen LogP) is 1.44. The Labute approximate surface area is 107 Å². The third kappa shape index (κ3) is 3.05. The third-order valence-corrected chi connectivity index (χ3v) is 2.78. The Balaban J connectivity index is 2.95. The first kappa shape index (κ1) is 14.6. The van der Waals surface area contributed by atoms with Crippen molar-refractivity contribution in [3.63, 3.8) is 0 Å². The van der Waals surface area contributed by atoms with Gasteiger partial charge >= 0.3 is 0 Å². The molecule has 0 fully saturated rings. The number of nitrogens with zero attached hydrogens (tertiary/aromatic N) is 1. The normalized spacial score (nSPS) is 10.8. The first-order valence-electron chi connectivity index (χ1n) is 5.62. The number of hydrogen-bond acceptors (Lipinski definition) is 5. The molecule has 0 aliphatic rings. The van der Waals surface area contributed by atoms with Crippen molar-refractivity contribution in [2.45, 2.75) is 26.6 Å². The van der Waals surface area contributed by atoms with Crippen molar-refractivity contribution in [1.29, 1.82) is 0 Å². The van der Waals surface area contributed by atoms with Gasteiger partial charge < -0.3 is 14.2 Å². The highest BCUT2D eigenvalue weighted by atomic mass is 16.7. The van der Waals surface area contributed by atoms with Gasteiger partial charge in [-0.15, -0.1) is 0 Å². The number of hydrogen-bond donors (Lipinski definition) is 0. The molecule has 5 nitrogen and oxygen atoms in total. The summed E-state index contributed by atoms with van der Waals surface area (Å²) >= 11 is 0. The maximum absolute atomic E-state index is 11.9. The van der Waals surface area contributed by atoms with Crippen molar-refractivity contribution in [2.75, 3.05) is 21.3 Å². The van der Waals surface area contributed by atoms with Gasteiger partial charge in [-0.25, -0.2) is 0 Å². The molecule has 0 bridgehead atoms. The molecule has 1 aromatic rings. The summed E-state index contributed by atoms with van der Waals surface area (Å²) in [5.74, 6) is 0.598. The van der Waals surface area contributed by atoms with E-state index < -0.39 is 6.29 Å². The van der Waals surface area contributed by atoms with E-state index >= 15 is 0 Å². The van der Waals surface area contributed by atoms with E-state index in [4.69, 9.17) is 14.2 Å². The fourth-order valence-corrected chi connectivity index (χ4v) is 1.86. The van der Waals surface area contributed by atoms with E-state index in [2.05, 4.69) is 4.98 Å². The van der Waals surface area contributed by atoms with Crippen LogP contribution in [0.3, 0.4) is 0 Å². The molecule has 5 heteroatoms. The lowest BCUT2D eigenvalue weighted by molar-refractivity contribution is -0.156. The molecule has 0 saturated carbocycles. The van der Waals surface area contributed by atoms with Gasteiger partial charge in [-0.1, -0.05) is 0 Å². The Hall–Kier alpha value is -1.46. The second-order valence-corrected chi connectivity index (χ2v) is 3.99. The maximum atomic E-state index is 11.9. The average Bonchev–Trinajstić information content (AvgIpc) is 2.35. The van der Waals surface area contributed by atoms with Crippen LogP contribution in [0.15, 0.2) is 6.20 Å².